The number of hydrogen-bond donors (Lipinski definition) is 0. The number of benzene rings is 9. The average Bonchev–Trinajstić information content (AvgIpc) is 3.84. The molecule has 2 aromatic heterocycles. The standard InChI is InChI=1S/C62H47BN2O4/c1-37-30-53-61-54(31-37)65(44-23-19-42(20-24-44)62(2,3)4)52-36-60-59(66-28-9-29-67-60)35-50(52)63(61)49-32-39(41-17-26-48-46-11-6-8-13-56(46)69-58(48)34-41)18-27-51(49)64(53)43-21-14-38(15-22-43)40-16-25-47-45-10-5-7-12-55(45)68-57(47)33-40/h5-8,10-27,30-36H,9,28-29H2,1-4H3. The molecule has 0 fully saturated rings. The summed E-state index contributed by atoms with van der Waals surface area (Å²) in [5, 5.41) is 4.51. The molecular formula is C62H47BN2O4. The second kappa shape index (κ2) is 14.9. The van der Waals surface area contributed by atoms with E-state index >= 15 is 0 Å². The van der Waals surface area contributed by atoms with Gasteiger partial charge in [-0.1, -0.05) is 106 Å². The second-order valence-corrected chi connectivity index (χ2v) is 20.0. The van der Waals surface area contributed by atoms with Gasteiger partial charge in [-0.3, -0.25) is 0 Å². The zero-order chi connectivity index (χ0) is 46.1. The Morgan fingerprint density at radius 3 is 1.55 bits per heavy atom. The highest BCUT2D eigenvalue weighted by atomic mass is 16.5. The molecule has 3 aliphatic rings. The third-order valence-electron chi connectivity index (χ3n) is 14.6. The summed E-state index contributed by atoms with van der Waals surface area (Å²) in [6.45, 7) is 10.1. The van der Waals surface area contributed by atoms with Crippen molar-refractivity contribution in [3.05, 3.63) is 187 Å². The van der Waals surface area contributed by atoms with Gasteiger partial charge in [0.05, 0.1) is 13.2 Å². The molecule has 0 aliphatic carbocycles. The topological polar surface area (TPSA) is 51.2 Å². The fourth-order valence-electron chi connectivity index (χ4n) is 11.3. The maximum Gasteiger partial charge on any atom is 0.252 e. The molecule has 7 heteroatoms. The van der Waals surface area contributed by atoms with E-state index in [1.165, 1.54) is 27.5 Å². The summed E-state index contributed by atoms with van der Waals surface area (Å²) in [5.74, 6) is 1.57. The molecular weight excluding hydrogens is 848 g/mol. The Labute approximate surface area is 401 Å². The maximum atomic E-state index is 6.51. The molecule has 332 valence electrons. The highest BCUT2D eigenvalue weighted by Gasteiger charge is 2.44. The Morgan fingerprint density at radius 2 is 0.928 bits per heavy atom. The van der Waals surface area contributed by atoms with Gasteiger partial charge in [0.1, 0.15) is 22.3 Å². The minimum absolute atomic E-state index is 0.0149. The first-order valence-electron chi connectivity index (χ1n) is 24.1. The SMILES string of the molecule is Cc1cc2c3c(c1)N(c1ccc(C(C)(C)C)cc1)c1cc4c(cc1B3c1cc(-c3ccc5c(c3)oc3ccccc35)ccc1N2c1ccc(-c2ccc3c(c2)oc2ccccc23)cc1)OCCCO4. The molecule has 14 rings (SSSR count). The molecule has 0 atom stereocenters. The van der Waals surface area contributed by atoms with Crippen LogP contribution in [0.4, 0.5) is 34.1 Å². The third kappa shape index (κ3) is 6.26. The Morgan fingerprint density at radius 1 is 0.435 bits per heavy atom. The van der Waals surface area contributed by atoms with Crippen LogP contribution in [0.1, 0.15) is 38.3 Å². The van der Waals surface area contributed by atoms with Crippen LogP contribution in [0.25, 0.3) is 66.1 Å². The normalized spacial score (nSPS) is 14.1. The van der Waals surface area contributed by atoms with Crippen LogP contribution in [-0.4, -0.2) is 19.9 Å². The lowest BCUT2D eigenvalue weighted by Crippen LogP contribution is -2.61. The Bertz CT molecular complexity index is 3900. The third-order valence-corrected chi connectivity index (χ3v) is 14.6. The summed E-state index contributed by atoms with van der Waals surface area (Å²) < 4.78 is 25.7. The van der Waals surface area contributed by atoms with E-state index in [-0.39, 0.29) is 12.1 Å². The Balaban J connectivity index is 0.983. The number of anilines is 6. The largest absolute Gasteiger partial charge is 0.490 e. The van der Waals surface area contributed by atoms with Crippen molar-refractivity contribution in [2.45, 2.75) is 39.5 Å². The van der Waals surface area contributed by atoms with E-state index < -0.39 is 0 Å². The van der Waals surface area contributed by atoms with E-state index in [4.69, 9.17) is 18.3 Å². The minimum Gasteiger partial charge on any atom is -0.490 e. The van der Waals surface area contributed by atoms with E-state index in [9.17, 15) is 0 Å². The van der Waals surface area contributed by atoms with Gasteiger partial charge >= 0.3 is 0 Å². The molecule has 0 saturated carbocycles. The molecule has 0 amide bonds. The molecule has 69 heavy (non-hydrogen) atoms. The first kappa shape index (κ1) is 40.0. The zero-order valence-corrected chi connectivity index (χ0v) is 39.0. The first-order valence-corrected chi connectivity index (χ1v) is 24.1. The predicted octanol–water partition coefficient (Wildman–Crippen LogP) is 14.7. The van der Waals surface area contributed by atoms with Crippen LogP contribution in [0.5, 0.6) is 11.5 Å². The maximum absolute atomic E-state index is 6.51. The molecule has 0 bridgehead atoms. The number of fused-ring (bicyclic) bond motifs is 11. The van der Waals surface area contributed by atoms with Gasteiger partial charge in [0.25, 0.3) is 6.71 Å². The van der Waals surface area contributed by atoms with Crippen LogP contribution in [0, 0.1) is 6.92 Å². The highest BCUT2D eigenvalue weighted by Crippen LogP contribution is 2.48. The van der Waals surface area contributed by atoms with Crippen molar-refractivity contribution >= 4 is 101 Å². The summed E-state index contributed by atoms with van der Waals surface area (Å²) in [6.07, 6.45) is 0.828. The molecule has 6 nitrogen and oxygen atoms in total. The summed E-state index contributed by atoms with van der Waals surface area (Å²) in [7, 11) is 0. The fraction of sp³-hybridized carbons (Fsp3) is 0.129. The van der Waals surface area contributed by atoms with Gasteiger partial charge in [0, 0.05) is 68.2 Å². The Hall–Kier alpha value is -8.16. The summed E-state index contributed by atoms with van der Waals surface area (Å²) in [6, 6.07) is 64.1. The van der Waals surface area contributed by atoms with Crippen LogP contribution in [0.2, 0.25) is 0 Å². The number of ether oxygens (including phenoxy) is 2. The van der Waals surface area contributed by atoms with Crippen molar-refractivity contribution in [2.24, 2.45) is 0 Å². The molecule has 11 aromatic rings. The highest BCUT2D eigenvalue weighted by molar-refractivity contribution is 7.00. The number of rotatable bonds is 4. The number of furan rings is 2. The van der Waals surface area contributed by atoms with Crippen molar-refractivity contribution in [3.8, 4) is 33.8 Å². The van der Waals surface area contributed by atoms with Gasteiger partial charge < -0.3 is 28.1 Å². The molecule has 0 spiro atoms. The van der Waals surface area contributed by atoms with Crippen molar-refractivity contribution in [3.63, 3.8) is 0 Å². The van der Waals surface area contributed by atoms with E-state index in [0.29, 0.717) is 13.2 Å². The smallest absolute Gasteiger partial charge is 0.252 e. The van der Waals surface area contributed by atoms with Crippen LogP contribution >= 0.6 is 0 Å². The molecule has 9 aromatic carbocycles. The molecule has 0 saturated heterocycles. The van der Waals surface area contributed by atoms with Crippen molar-refractivity contribution in [1.29, 1.82) is 0 Å². The predicted molar refractivity (Wildman–Crippen MR) is 285 cm³/mol. The quantitative estimate of drug-likeness (QED) is 0.164. The zero-order valence-electron chi connectivity index (χ0n) is 39.0. The van der Waals surface area contributed by atoms with E-state index in [1.54, 1.807) is 0 Å². The van der Waals surface area contributed by atoms with Gasteiger partial charge in [0.15, 0.2) is 11.5 Å². The molecule has 0 N–H and O–H groups in total. The molecule has 5 heterocycles. The molecule has 3 aliphatic heterocycles. The van der Waals surface area contributed by atoms with Gasteiger partial charge in [-0.15, -0.1) is 0 Å². The summed E-state index contributed by atoms with van der Waals surface area (Å²) in [4.78, 5) is 4.93. The molecule has 0 radical (unpaired) electrons. The van der Waals surface area contributed by atoms with E-state index in [2.05, 4.69) is 189 Å². The summed E-state index contributed by atoms with van der Waals surface area (Å²) >= 11 is 0. The van der Waals surface area contributed by atoms with Crippen molar-refractivity contribution < 1.29 is 18.3 Å². The van der Waals surface area contributed by atoms with Crippen molar-refractivity contribution in [1.82, 2.24) is 0 Å². The van der Waals surface area contributed by atoms with E-state index in [1.807, 2.05) is 24.3 Å². The number of para-hydroxylation sites is 2. The van der Waals surface area contributed by atoms with Crippen LogP contribution in [0.3, 0.4) is 0 Å². The fourth-order valence-corrected chi connectivity index (χ4v) is 11.3. The lowest BCUT2D eigenvalue weighted by molar-refractivity contribution is 0.297. The van der Waals surface area contributed by atoms with Gasteiger partial charge in [0.2, 0.25) is 0 Å². The monoisotopic (exact) mass is 894 g/mol. The minimum atomic E-state index is -0.121. The molecule has 0 unspecified atom stereocenters. The number of aryl methyl sites for hydroxylation is 1. The van der Waals surface area contributed by atoms with Crippen LogP contribution < -0.4 is 35.7 Å². The van der Waals surface area contributed by atoms with Gasteiger partial charge in [-0.2, -0.15) is 0 Å². The lowest BCUT2D eigenvalue weighted by Gasteiger charge is -2.44. The Kier molecular flexibility index (Phi) is 8.64. The van der Waals surface area contributed by atoms with Gasteiger partial charge in [-0.25, -0.2) is 0 Å². The number of nitrogens with zero attached hydrogens (tertiary/aromatic N) is 2. The second-order valence-electron chi connectivity index (χ2n) is 20.0. The lowest BCUT2D eigenvalue weighted by atomic mass is 9.33. The van der Waals surface area contributed by atoms with Crippen LogP contribution in [0.15, 0.2) is 185 Å². The average molecular weight is 895 g/mol. The van der Waals surface area contributed by atoms with Crippen LogP contribution in [-0.2, 0) is 5.41 Å². The van der Waals surface area contributed by atoms with Gasteiger partial charge in [-0.05, 0) is 147 Å². The summed E-state index contributed by atoms with van der Waals surface area (Å²) in [5.41, 5.74) is 20.9. The van der Waals surface area contributed by atoms with E-state index in [0.717, 1.165) is 118 Å². The first-order chi connectivity index (χ1) is 33.7. The van der Waals surface area contributed by atoms with Crippen molar-refractivity contribution in [2.75, 3.05) is 23.0 Å². The number of hydrogen-bond acceptors (Lipinski definition) is 6.